The predicted octanol–water partition coefficient (Wildman–Crippen LogP) is 3.26. The fourth-order valence-corrected chi connectivity index (χ4v) is 4.22. The molecule has 0 saturated carbocycles. The number of piperidine rings is 1. The first-order valence-corrected chi connectivity index (χ1v) is 9.16. The van der Waals surface area contributed by atoms with Gasteiger partial charge in [0.25, 0.3) is 0 Å². The zero-order valence-corrected chi connectivity index (χ0v) is 14.6. The molecular weight excluding hydrogens is 316 g/mol. The van der Waals surface area contributed by atoms with Crippen LogP contribution in [0.15, 0.2) is 47.5 Å². The van der Waals surface area contributed by atoms with Gasteiger partial charge in [-0.2, -0.15) is 0 Å². The van der Waals surface area contributed by atoms with Crippen molar-refractivity contribution in [3.63, 3.8) is 0 Å². The van der Waals surface area contributed by atoms with Gasteiger partial charge < -0.3 is 13.9 Å². The summed E-state index contributed by atoms with van der Waals surface area (Å²) in [6.07, 6.45) is 10.9. The molecule has 2 atom stereocenters. The Balaban J connectivity index is 1.40. The van der Waals surface area contributed by atoms with Crippen LogP contribution in [0.1, 0.15) is 30.4 Å². The predicted molar refractivity (Wildman–Crippen MR) is 93.9 cm³/mol. The maximum atomic E-state index is 6.15. The average molecular weight is 342 g/mol. The van der Waals surface area contributed by atoms with Crippen molar-refractivity contribution >= 4 is 0 Å². The van der Waals surface area contributed by atoms with E-state index in [4.69, 9.17) is 13.9 Å². The molecule has 0 bridgehead atoms. The van der Waals surface area contributed by atoms with E-state index in [0.717, 1.165) is 45.7 Å². The lowest BCUT2D eigenvalue weighted by molar-refractivity contribution is -0.155. The minimum atomic E-state index is 0.104. The van der Waals surface area contributed by atoms with Crippen LogP contribution >= 0.6 is 0 Å². The molecule has 0 radical (unpaired) electrons. The Morgan fingerprint density at radius 2 is 2.16 bits per heavy atom. The summed E-state index contributed by atoms with van der Waals surface area (Å²) in [5, 5.41) is 0. The van der Waals surface area contributed by atoms with Crippen LogP contribution in [-0.4, -0.2) is 42.3 Å². The first kappa shape index (κ1) is 16.8. The van der Waals surface area contributed by atoms with Crippen LogP contribution < -0.4 is 0 Å². The molecule has 2 aliphatic heterocycles. The first-order valence-electron chi connectivity index (χ1n) is 9.16. The summed E-state index contributed by atoms with van der Waals surface area (Å²) in [5.41, 5.74) is 2.52. The van der Waals surface area contributed by atoms with Gasteiger partial charge in [0.15, 0.2) is 0 Å². The molecule has 2 aliphatic rings. The molecule has 0 aliphatic carbocycles. The van der Waals surface area contributed by atoms with Gasteiger partial charge in [0.1, 0.15) is 0 Å². The summed E-state index contributed by atoms with van der Waals surface area (Å²) in [6.45, 7) is 5.32. The van der Waals surface area contributed by atoms with Gasteiger partial charge in [0.05, 0.1) is 31.8 Å². The van der Waals surface area contributed by atoms with Crippen LogP contribution in [0.3, 0.4) is 0 Å². The summed E-state index contributed by atoms with van der Waals surface area (Å²) < 4.78 is 17.5. The van der Waals surface area contributed by atoms with Crippen LogP contribution in [0.5, 0.6) is 0 Å². The van der Waals surface area contributed by atoms with Gasteiger partial charge in [0.2, 0.25) is 0 Å². The number of furan rings is 1. The molecular formula is C20H26N2O3. The second-order valence-electron chi connectivity index (χ2n) is 7.30. The van der Waals surface area contributed by atoms with Gasteiger partial charge in [-0.05, 0) is 43.0 Å². The smallest absolute Gasteiger partial charge is 0.0947 e. The van der Waals surface area contributed by atoms with Gasteiger partial charge in [-0.1, -0.05) is 0 Å². The topological polar surface area (TPSA) is 47.7 Å². The SMILES string of the molecule is c1cc(COC[C@]23CCCO[C@@H]2CCN(Cc2ccoc2)C3)ccn1. The van der Waals surface area contributed by atoms with Crippen LogP contribution in [0.4, 0.5) is 0 Å². The molecule has 25 heavy (non-hydrogen) atoms. The van der Waals surface area contributed by atoms with E-state index in [9.17, 15) is 0 Å². The number of likely N-dealkylation sites (tertiary alicyclic amines) is 1. The molecule has 4 heterocycles. The third-order valence-electron chi connectivity index (χ3n) is 5.46. The summed E-state index contributed by atoms with van der Waals surface area (Å²) in [4.78, 5) is 6.58. The van der Waals surface area contributed by atoms with Gasteiger partial charge >= 0.3 is 0 Å². The molecule has 0 unspecified atom stereocenters. The Labute approximate surface area is 148 Å². The van der Waals surface area contributed by atoms with Gasteiger partial charge in [0, 0.05) is 49.6 Å². The maximum absolute atomic E-state index is 6.15. The van der Waals surface area contributed by atoms with Crippen molar-refractivity contribution in [2.75, 3.05) is 26.3 Å². The summed E-state index contributed by atoms with van der Waals surface area (Å²) in [5.74, 6) is 0. The quantitative estimate of drug-likeness (QED) is 0.806. The van der Waals surface area contributed by atoms with Crippen molar-refractivity contribution in [1.29, 1.82) is 0 Å². The van der Waals surface area contributed by atoms with Crippen LogP contribution in [0.2, 0.25) is 0 Å². The molecule has 2 aromatic rings. The Hall–Kier alpha value is -1.69. The highest BCUT2D eigenvalue weighted by Crippen LogP contribution is 2.41. The third kappa shape index (κ3) is 3.94. The van der Waals surface area contributed by atoms with Gasteiger partial charge in [-0.15, -0.1) is 0 Å². The molecule has 2 saturated heterocycles. The monoisotopic (exact) mass is 342 g/mol. The van der Waals surface area contributed by atoms with Crippen molar-refractivity contribution in [3.8, 4) is 0 Å². The number of fused-ring (bicyclic) bond motifs is 1. The molecule has 0 spiro atoms. The minimum absolute atomic E-state index is 0.104. The van der Waals surface area contributed by atoms with Gasteiger partial charge in [-0.25, -0.2) is 0 Å². The average Bonchev–Trinajstić information content (AvgIpc) is 3.15. The van der Waals surface area contributed by atoms with E-state index < -0.39 is 0 Å². The van der Waals surface area contributed by atoms with Crippen molar-refractivity contribution in [2.45, 2.75) is 38.5 Å². The van der Waals surface area contributed by atoms with E-state index in [2.05, 4.69) is 16.0 Å². The number of aromatic nitrogens is 1. The molecule has 0 amide bonds. The van der Waals surface area contributed by atoms with E-state index >= 15 is 0 Å². The maximum Gasteiger partial charge on any atom is 0.0947 e. The third-order valence-corrected chi connectivity index (χ3v) is 5.46. The molecule has 5 heteroatoms. The van der Waals surface area contributed by atoms with Crippen molar-refractivity contribution in [1.82, 2.24) is 9.88 Å². The van der Waals surface area contributed by atoms with Crippen molar-refractivity contribution < 1.29 is 13.9 Å². The van der Waals surface area contributed by atoms with E-state index in [1.807, 2.05) is 30.8 Å². The first-order chi connectivity index (χ1) is 12.3. The molecule has 134 valence electrons. The molecule has 2 aromatic heterocycles. The molecule has 5 nitrogen and oxygen atoms in total. The summed E-state index contributed by atoms with van der Waals surface area (Å²) >= 11 is 0. The lowest BCUT2D eigenvalue weighted by Gasteiger charge is -2.50. The molecule has 4 rings (SSSR count). The number of hydrogen-bond acceptors (Lipinski definition) is 5. The number of hydrogen-bond donors (Lipinski definition) is 0. The minimum Gasteiger partial charge on any atom is -0.472 e. The van der Waals surface area contributed by atoms with Crippen molar-refractivity contribution in [2.24, 2.45) is 5.41 Å². The zero-order chi connectivity index (χ0) is 17.0. The fourth-order valence-electron chi connectivity index (χ4n) is 4.22. The standard InChI is InChI=1S/C20H26N2O3/c1-6-20(16-24-13-17-2-7-21-8-3-17)15-22(9-4-19(20)25-10-1)12-18-5-11-23-14-18/h2-3,5,7-8,11,14,19H,1,4,6,9-10,12-13,15-16H2/t19-,20-/m1/s1. The number of nitrogens with zero attached hydrogens (tertiary/aromatic N) is 2. The van der Waals surface area contributed by atoms with Crippen LogP contribution in [0, 0.1) is 5.41 Å². The Bertz CT molecular complexity index is 646. The highest BCUT2D eigenvalue weighted by atomic mass is 16.5. The van der Waals surface area contributed by atoms with E-state index in [1.54, 1.807) is 6.26 Å². The number of rotatable bonds is 6. The lowest BCUT2D eigenvalue weighted by Crippen LogP contribution is -2.56. The fraction of sp³-hybridized carbons (Fsp3) is 0.550. The Morgan fingerprint density at radius 1 is 1.24 bits per heavy atom. The van der Waals surface area contributed by atoms with E-state index in [-0.39, 0.29) is 5.41 Å². The second-order valence-corrected chi connectivity index (χ2v) is 7.30. The number of pyridine rings is 1. The highest BCUT2D eigenvalue weighted by Gasteiger charge is 2.46. The van der Waals surface area contributed by atoms with Crippen LogP contribution in [0.25, 0.3) is 0 Å². The highest BCUT2D eigenvalue weighted by molar-refractivity contribution is 5.09. The van der Waals surface area contributed by atoms with Gasteiger partial charge in [-0.3, -0.25) is 9.88 Å². The molecule has 0 N–H and O–H groups in total. The van der Waals surface area contributed by atoms with Crippen LogP contribution in [-0.2, 0) is 22.6 Å². The van der Waals surface area contributed by atoms with E-state index in [1.165, 1.54) is 17.5 Å². The Kier molecular flexibility index (Phi) is 5.15. The molecule has 0 aromatic carbocycles. The normalized spacial score (nSPS) is 27.1. The number of ether oxygens (including phenoxy) is 2. The summed E-state index contributed by atoms with van der Waals surface area (Å²) in [6, 6.07) is 6.08. The van der Waals surface area contributed by atoms with E-state index in [0.29, 0.717) is 12.7 Å². The largest absolute Gasteiger partial charge is 0.472 e. The molecule has 2 fully saturated rings. The zero-order valence-electron chi connectivity index (χ0n) is 14.6. The second kappa shape index (κ2) is 7.68. The lowest BCUT2D eigenvalue weighted by atomic mass is 9.73. The van der Waals surface area contributed by atoms with Crippen molar-refractivity contribution in [3.05, 3.63) is 54.2 Å². The Morgan fingerprint density at radius 3 is 3.00 bits per heavy atom. The summed E-state index contributed by atoms with van der Waals surface area (Å²) in [7, 11) is 0.